The average Bonchev–Trinajstić information content (AvgIpc) is 2.87. The summed E-state index contributed by atoms with van der Waals surface area (Å²) < 4.78 is 5.37. The molecule has 0 aromatic carbocycles. The summed E-state index contributed by atoms with van der Waals surface area (Å²) in [6.45, 7) is 6.70. The highest BCUT2D eigenvalue weighted by atomic mass is 16.5. The zero-order valence-corrected chi connectivity index (χ0v) is 11.2. The molecule has 2 rings (SSSR count). The first kappa shape index (κ1) is 13.1. The maximum Gasteiger partial charge on any atom is 0.134 e. The van der Waals surface area contributed by atoms with Crippen LogP contribution in [0.1, 0.15) is 31.2 Å². The van der Waals surface area contributed by atoms with Crippen LogP contribution in [0.5, 0.6) is 0 Å². The van der Waals surface area contributed by atoms with Gasteiger partial charge in [-0.25, -0.2) is 9.97 Å². The first-order valence-electron chi connectivity index (χ1n) is 6.65. The molecule has 0 radical (unpaired) electrons. The molecule has 2 heterocycles. The lowest BCUT2D eigenvalue weighted by Gasteiger charge is -2.13. The highest BCUT2D eigenvalue weighted by molar-refractivity contribution is 5.54. The van der Waals surface area contributed by atoms with E-state index in [9.17, 15) is 0 Å². The first-order valence-corrected chi connectivity index (χ1v) is 6.65. The van der Waals surface area contributed by atoms with E-state index >= 15 is 0 Å². The van der Waals surface area contributed by atoms with Gasteiger partial charge >= 0.3 is 0 Å². The van der Waals surface area contributed by atoms with Crippen molar-refractivity contribution in [2.24, 2.45) is 5.92 Å². The Morgan fingerprint density at radius 1 is 1.44 bits per heavy atom. The van der Waals surface area contributed by atoms with Crippen molar-refractivity contribution in [1.29, 1.82) is 0 Å². The molecule has 0 amide bonds. The monoisotopic (exact) mass is 250 g/mol. The molecule has 0 bridgehead atoms. The molecule has 0 saturated carbocycles. The van der Waals surface area contributed by atoms with E-state index in [0.717, 1.165) is 49.8 Å². The fraction of sp³-hybridized carbons (Fsp3) is 0.692. The van der Waals surface area contributed by atoms with Gasteiger partial charge in [-0.05, 0) is 25.7 Å². The number of rotatable bonds is 5. The molecule has 1 aliphatic rings. The van der Waals surface area contributed by atoms with Crippen molar-refractivity contribution in [3.63, 3.8) is 0 Å². The van der Waals surface area contributed by atoms with E-state index in [-0.39, 0.29) is 0 Å². The molecular weight excluding hydrogens is 228 g/mol. The predicted molar refractivity (Wildman–Crippen MR) is 72.6 cm³/mol. The normalized spacial score (nSPS) is 19.1. The maximum atomic E-state index is 5.88. The molecule has 5 nitrogen and oxygen atoms in total. The van der Waals surface area contributed by atoms with E-state index in [1.54, 1.807) is 0 Å². The third-order valence-electron chi connectivity index (χ3n) is 3.42. The van der Waals surface area contributed by atoms with Gasteiger partial charge in [-0.2, -0.15) is 0 Å². The molecule has 1 unspecified atom stereocenters. The summed E-state index contributed by atoms with van der Waals surface area (Å²) in [7, 11) is 0. The number of hydrogen-bond donors (Lipinski definition) is 2. The van der Waals surface area contributed by atoms with E-state index in [1.165, 1.54) is 6.42 Å². The highest BCUT2D eigenvalue weighted by Gasteiger charge is 2.15. The Hall–Kier alpha value is -1.36. The van der Waals surface area contributed by atoms with E-state index in [0.29, 0.717) is 11.7 Å². The van der Waals surface area contributed by atoms with Crippen molar-refractivity contribution in [1.82, 2.24) is 9.97 Å². The number of nitrogen functional groups attached to an aromatic ring is 1. The molecule has 100 valence electrons. The molecule has 5 heteroatoms. The summed E-state index contributed by atoms with van der Waals surface area (Å²) in [6, 6.07) is 0. The second-order valence-corrected chi connectivity index (χ2v) is 4.80. The van der Waals surface area contributed by atoms with Crippen molar-refractivity contribution in [3.05, 3.63) is 11.4 Å². The fourth-order valence-corrected chi connectivity index (χ4v) is 2.12. The summed E-state index contributed by atoms with van der Waals surface area (Å²) in [5.41, 5.74) is 6.82. The Morgan fingerprint density at radius 2 is 2.28 bits per heavy atom. The molecule has 3 N–H and O–H groups in total. The number of hydrogen-bond acceptors (Lipinski definition) is 5. The maximum absolute atomic E-state index is 5.88. The Kier molecular flexibility index (Phi) is 4.36. The van der Waals surface area contributed by atoms with Crippen LogP contribution >= 0.6 is 0 Å². The lowest BCUT2D eigenvalue weighted by atomic mass is 10.1. The van der Waals surface area contributed by atoms with Crippen molar-refractivity contribution in [3.8, 4) is 0 Å². The second kappa shape index (κ2) is 6.00. The summed E-state index contributed by atoms with van der Waals surface area (Å²) >= 11 is 0. The van der Waals surface area contributed by atoms with Crippen LogP contribution in [0.4, 0.5) is 11.6 Å². The number of aryl methyl sites for hydroxylation is 1. The minimum absolute atomic E-state index is 0.577. The van der Waals surface area contributed by atoms with E-state index in [1.807, 2.05) is 13.8 Å². The number of anilines is 2. The Labute approximate surface area is 108 Å². The molecule has 1 aliphatic heterocycles. The van der Waals surface area contributed by atoms with Crippen LogP contribution in [0.25, 0.3) is 0 Å². The average molecular weight is 250 g/mol. The standard InChI is InChI=1S/C13H22N4O/c1-3-11-16-12(14)9(2)13(17-11)15-6-4-10-5-7-18-8-10/h10H,3-8H2,1-2H3,(H3,14,15,16,17). The topological polar surface area (TPSA) is 73.1 Å². The molecule has 1 aromatic rings. The quantitative estimate of drug-likeness (QED) is 0.833. The molecule has 1 saturated heterocycles. The van der Waals surface area contributed by atoms with Crippen LogP contribution in [0.3, 0.4) is 0 Å². The zero-order valence-electron chi connectivity index (χ0n) is 11.2. The summed E-state index contributed by atoms with van der Waals surface area (Å²) in [6.07, 6.45) is 3.09. The molecule has 0 spiro atoms. The van der Waals surface area contributed by atoms with Gasteiger partial charge in [0.2, 0.25) is 0 Å². The summed E-state index contributed by atoms with van der Waals surface area (Å²) in [4.78, 5) is 8.73. The Morgan fingerprint density at radius 3 is 2.94 bits per heavy atom. The van der Waals surface area contributed by atoms with Gasteiger partial charge in [-0.3, -0.25) is 0 Å². The van der Waals surface area contributed by atoms with E-state index in [4.69, 9.17) is 10.5 Å². The minimum Gasteiger partial charge on any atom is -0.383 e. The molecule has 0 aliphatic carbocycles. The molecular formula is C13H22N4O. The van der Waals surface area contributed by atoms with Gasteiger partial charge in [-0.1, -0.05) is 6.92 Å². The van der Waals surface area contributed by atoms with Crippen molar-refractivity contribution in [2.45, 2.75) is 33.1 Å². The van der Waals surface area contributed by atoms with Crippen molar-refractivity contribution >= 4 is 11.6 Å². The molecule has 1 fully saturated rings. The van der Waals surface area contributed by atoms with Crippen LogP contribution in [0, 0.1) is 12.8 Å². The third kappa shape index (κ3) is 3.10. The zero-order chi connectivity index (χ0) is 13.0. The smallest absolute Gasteiger partial charge is 0.134 e. The van der Waals surface area contributed by atoms with Gasteiger partial charge in [0.05, 0.1) is 0 Å². The van der Waals surface area contributed by atoms with Gasteiger partial charge in [0.25, 0.3) is 0 Å². The number of aromatic nitrogens is 2. The van der Waals surface area contributed by atoms with Crippen LogP contribution in [-0.4, -0.2) is 29.7 Å². The van der Waals surface area contributed by atoms with E-state index in [2.05, 4.69) is 15.3 Å². The van der Waals surface area contributed by atoms with Crippen LogP contribution < -0.4 is 11.1 Å². The highest BCUT2D eigenvalue weighted by Crippen LogP contribution is 2.19. The first-order chi connectivity index (χ1) is 8.70. The summed E-state index contributed by atoms with van der Waals surface area (Å²) in [5.74, 6) is 2.93. The third-order valence-corrected chi connectivity index (χ3v) is 3.42. The Balaban J connectivity index is 1.93. The molecule has 1 aromatic heterocycles. The van der Waals surface area contributed by atoms with E-state index < -0.39 is 0 Å². The van der Waals surface area contributed by atoms with Gasteiger partial charge in [0, 0.05) is 31.7 Å². The number of nitrogens with zero attached hydrogens (tertiary/aromatic N) is 2. The fourth-order valence-electron chi connectivity index (χ4n) is 2.12. The van der Waals surface area contributed by atoms with Gasteiger partial charge < -0.3 is 15.8 Å². The largest absolute Gasteiger partial charge is 0.383 e. The SMILES string of the molecule is CCc1nc(N)c(C)c(NCCC2CCOC2)n1. The van der Waals surface area contributed by atoms with Crippen LogP contribution in [0.15, 0.2) is 0 Å². The van der Waals surface area contributed by atoms with Crippen molar-refractivity contribution < 1.29 is 4.74 Å². The predicted octanol–water partition coefficient (Wildman–Crippen LogP) is 1.77. The molecule has 1 atom stereocenters. The Bertz CT molecular complexity index is 402. The van der Waals surface area contributed by atoms with Gasteiger partial charge in [0.1, 0.15) is 17.5 Å². The van der Waals surface area contributed by atoms with Crippen molar-refractivity contribution in [2.75, 3.05) is 30.8 Å². The number of nitrogens with two attached hydrogens (primary N) is 1. The second-order valence-electron chi connectivity index (χ2n) is 4.80. The van der Waals surface area contributed by atoms with Crippen LogP contribution in [0.2, 0.25) is 0 Å². The lowest BCUT2D eigenvalue weighted by Crippen LogP contribution is -2.13. The minimum atomic E-state index is 0.577. The van der Waals surface area contributed by atoms with Gasteiger partial charge in [0.15, 0.2) is 0 Å². The number of ether oxygens (including phenoxy) is 1. The molecule has 18 heavy (non-hydrogen) atoms. The van der Waals surface area contributed by atoms with Gasteiger partial charge in [-0.15, -0.1) is 0 Å². The lowest BCUT2D eigenvalue weighted by molar-refractivity contribution is 0.185. The summed E-state index contributed by atoms with van der Waals surface area (Å²) in [5, 5.41) is 3.37. The van der Waals surface area contributed by atoms with Crippen LogP contribution in [-0.2, 0) is 11.2 Å². The number of nitrogens with one attached hydrogen (secondary N) is 1.